The Morgan fingerprint density at radius 2 is 1.94 bits per heavy atom. The van der Waals surface area contributed by atoms with E-state index >= 15 is 0 Å². The molecule has 0 heterocycles. The highest BCUT2D eigenvalue weighted by Gasteiger charge is 2.07. The molecule has 1 rings (SSSR count). The summed E-state index contributed by atoms with van der Waals surface area (Å²) in [5.74, 6) is 1.53. The van der Waals surface area contributed by atoms with Crippen LogP contribution in [-0.4, -0.2) is 26.0 Å². The van der Waals surface area contributed by atoms with Crippen molar-refractivity contribution in [1.29, 1.82) is 0 Å². The van der Waals surface area contributed by atoms with Crippen molar-refractivity contribution in [1.82, 2.24) is 0 Å². The minimum Gasteiger partial charge on any atom is -0.493 e. The topological polar surface area (TPSA) is 44.5 Å². The highest BCUT2D eigenvalue weighted by molar-refractivity contribution is 7.99. The van der Waals surface area contributed by atoms with Crippen LogP contribution in [0.1, 0.15) is 13.3 Å². The Morgan fingerprint density at radius 1 is 1.25 bits per heavy atom. The zero-order valence-electron chi connectivity index (χ0n) is 10.0. The molecule has 0 saturated carbocycles. The lowest BCUT2D eigenvalue weighted by Crippen LogP contribution is -2.06. The summed E-state index contributed by atoms with van der Waals surface area (Å²) in [4.78, 5) is 1.18. The van der Waals surface area contributed by atoms with E-state index in [-0.39, 0.29) is 0 Å². The predicted octanol–water partition coefficient (Wildman–Crippen LogP) is 2.53. The lowest BCUT2D eigenvalue weighted by Gasteiger charge is -2.12. The van der Waals surface area contributed by atoms with Gasteiger partial charge in [0.25, 0.3) is 0 Å². The van der Waals surface area contributed by atoms with Gasteiger partial charge < -0.3 is 15.2 Å². The van der Waals surface area contributed by atoms with Gasteiger partial charge in [-0.15, -0.1) is 11.8 Å². The van der Waals surface area contributed by atoms with Crippen LogP contribution in [0, 0.1) is 0 Å². The van der Waals surface area contributed by atoms with E-state index in [1.54, 1.807) is 26.0 Å². The summed E-state index contributed by atoms with van der Waals surface area (Å²) in [5.41, 5.74) is 5.53. The van der Waals surface area contributed by atoms with Crippen LogP contribution < -0.4 is 15.2 Å². The van der Waals surface area contributed by atoms with Crippen molar-refractivity contribution < 1.29 is 9.47 Å². The zero-order chi connectivity index (χ0) is 12.0. The van der Waals surface area contributed by atoms with Gasteiger partial charge in [0, 0.05) is 10.1 Å². The van der Waals surface area contributed by atoms with E-state index in [0.717, 1.165) is 24.5 Å². The molecule has 90 valence electrons. The fourth-order valence-corrected chi connectivity index (χ4v) is 2.46. The summed E-state index contributed by atoms with van der Waals surface area (Å²) in [6.07, 6.45) is 1.01. The molecule has 4 heteroatoms. The summed E-state index contributed by atoms with van der Waals surface area (Å²) >= 11 is 1.80. The second-order valence-corrected chi connectivity index (χ2v) is 5.03. The Bertz CT molecular complexity index is 331. The Hall–Kier alpha value is -0.870. The van der Waals surface area contributed by atoms with Crippen LogP contribution >= 0.6 is 11.8 Å². The fraction of sp³-hybridized carbons (Fsp3) is 0.500. The first-order chi connectivity index (χ1) is 7.71. The molecule has 1 atom stereocenters. The lowest BCUT2D eigenvalue weighted by atomic mass is 10.3. The third-order valence-corrected chi connectivity index (χ3v) is 3.43. The van der Waals surface area contributed by atoms with Crippen LogP contribution in [-0.2, 0) is 0 Å². The predicted molar refractivity (Wildman–Crippen MR) is 68.5 cm³/mol. The van der Waals surface area contributed by atoms with Crippen LogP contribution in [0.4, 0.5) is 0 Å². The Kier molecular flexibility index (Phi) is 5.49. The second-order valence-electron chi connectivity index (χ2n) is 3.52. The minimum atomic E-state index is 0.517. The molecule has 1 aromatic rings. The van der Waals surface area contributed by atoms with Crippen molar-refractivity contribution in [3.63, 3.8) is 0 Å². The molecule has 0 saturated heterocycles. The molecule has 0 amide bonds. The van der Waals surface area contributed by atoms with Crippen molar-refractivity contribution in [2.45, 2.75) is 23.5 Å². The monoisotopic (exact) mass is 241 g/mol. The average molecular weight is 241 g/mol. The van der Waals surface area contributed by atoms with Crippen LogP contribution in [0.5, 0.6) is 11.5 Å². The summed E-state index contributed by atoms with van der Waals surface area (Å²) in [6, 6.07) is 5.96. The highest BCUT2D eigenvalue weighted by Crippen LogP contribution is 2.33. The molecular weight excluding hydrogens is 222 g/mol. The first-order valence-corrected chi connectivity index (χ1v) is 6.18. The van der Waals surface area contributed by atoms with E-state index < -0.39 is 0 Å². The van der Waals surface area contributed by atoms with Crippen molar-refractivity contribution in [3.05, 3.63) is 18.2 Å². The van der Waals surface area contributed by atoms with Gasteiger partial charge >= 0.3 is 0 Å². The van der Waals surface area contributed by atoms with E-state index in [9.17, 15) is 0 Å². The van der Waals surface area contributed by atoms with Crippen molar-refractivity contribution in [2.75, 3.05) is 20.8 Å². The largest absolute Gasteiger partial charge is 0.493 e. The van der Waals surface area contributed by atoms with Gasteiger partial charge in [-0.05, 0) is 31.2 Å². The van der Waals surface area contributed by atoms with Gasteiger partial charge in [-0.25, -0.2) is 0 Å². The van der Waals surface area contributed by atoms with Crippen LogP contribution in [0.15, 0.2) is 23.1 Å². The van der Waals surface area contributed by atoms with Gasteiger partial charge in [0.15, 0.2) is 11.5 Å². The smallest absolute Gasteiger partial charge is 0.161 e. The molecule has 0 aliphatic rings. The maximum absolute atomic E-state index is 5.53. The minimum absolute atomic E-state index is 0.517. The first-order valence-electron chi connectivity index (χ1n) is 5.30. The number of methoxy groups -OCH3 is 2. The van der Waals surface area contributed by atoms with Gasteiger partial charge in [0.1, 0.15) is 0 Å². The van der Waals surface area contributed by atoms with Crippen molar-refractivity contribution in [3.8, 4) is 11.5 Å². The number of rotatable bonds is 6. The SMILES string of the molecule is COc1ccc(SC(C)CCN)cc1OC. The number of benzene rings is 1. The van der Waals surface area contributed by atoms with E-state index in [0.29, 0.717) is 5.25 Å². The fourth-order valence-electron chi connectivity index (χ4n) is 1.42. The van der Waals surface area contributed by atoms with E-state index in [4.69, 9.17) is 15.2 Å². The van der Waals surface area contributed by atoms with Crippen molar-refractivity contribution in [2.24, 2.45) is 5.73 Å². The average Bonchev–Trinajstić information content (AvgIpc) is 2.29. The number of hydrogen-bond donors (Lipinski definition) is 1. The molecule has 1 unspecified atom stereocenters. The van der Waals surface area contributed by atoms with Crippen LogP contribution in [0.2, 0.25) is 0 Å². The van der Waals surface area contributed by atoms with Gasteiger partial charge in [0.2, 0.25) is 0 Å². The second kappa shape index (κ2) is 6.66. The quantitative estimate of drug-likeness (QED) is 0.777. The van der Waals surface area contributed by atoms with Gasteiger partial charge in [-0.3, -0.25) is 0 Å². The maximum Gasteiger partial charge on any atom is 0.161 e. The molecule has 0 aliphatic carbocycles. The molecule has 2 N–H and O–H groups in total. The molecular formula is C12H19NO2S. The standard InChI is InChI=1S/C12H19NO2S/c1-9(6-7-13)16-10-4-5-11(14-2)12(8-10)15-3/h4-5,8-9H,6-7,13H2,1-3H3. The van der Waals surface area contributed by atoms with Gasteiger partial charge in [-0.1, -0.05) is 6.92 Å². The summed E-state index contributed by atoms with van der Waals surface area (Å²) < 4.78 is 10.4. The molecule has 3 nitrogen and oxygen atoms in total. The molecule has 0 spiro atoms. The van der Waals surface area contributed by atoms with Gasteiger partial charge in [-0.2, -0.15) is 0 Å². The van der Waals surface area contributed by atoms with Crippen LogP contribution in [0.25, 0.3) is 0 Å². The van der Waals surface area contributed by atoms with E-state index in [1.807, 2.05) is 18.2 Å². The van der Waals surface area contributed by atoms with E-state index in [2.05, 4.69) is 6.92 Å². The number of ether oxygens (including phenoxy) is 2. The molecule has 16 heavy (non-hydrogen) atoms. The lowest BCUT2D eigenvalue weighted by molar-refractivity contribution is 0.354. The Balaban J connectivity index is 2.74. The molecule has 0 radical (unpaired) electrons. The summed E-state index contributed by atoms with van der Waals surface area (Å²) in [7, 11) is 3.29. The van der Waals surface area contributed by atoms with E-state index in [1.165, 1.54) is 4.90 Å². The summed E-state index contributed by atoms with van der Waals surface area (Å²) in [5, 5.41) is 0.517. The number of nitrogens with two attached hydrogens (primary N) is 1. The Labute approximate surface area is 101 Å². The maximum atomic E-state index is 5.53. The molecule has 0 fully saturated rings. The number of hydrogen-bond acceptors (Lipinski definition) is 4. The third-order valence-electron chi connectivity index (χ3n) is 2.27. The first kappa shape index (κ1) is 13.2. The highest BCUT2D eigenvalue weighted by atomic mass is 32.2. The van der Waals surface area contributed by atoms with Gasteiger partial charge in [0.05, 0.1) is 14.2 Å². The number of thioether (sulfide) groups is 1. The molecule has 0 aromatic heterocycles. The normalized spacial score (nSPS) is 12.2. The summed E-state index contributed by atoms with van der Waals surface area (Å²) in [6.45, 7) is 2.90. The zero-order valence-corrected chi connectivity index (χ0v) is 10.8. The third kappa shape index (κ3) is 3.61. The molecule has 0 bridgehead atoms. The molecule has 0 aliphatic heterocycles. The Morgan fingerprint density at radius 3 is 2.50 bits per heavy atom. The molecule has 1 aromatic carbocycles. The van der Waals surface area contributed by atoms with Crippen LogP contribution in [0.3, 0.4) is 0 Å². The van der Waals surface area contributed by atoms with Crippen molar-refractivity contribution >= 4 is 11.8 Å².